The van der Waals surface area contributed by atoms with Crippen molar-refractivity contribution in [2.75, 3.05) is 20.3 Å². The monoisotopic (exact) mass is 231 g/mol. The van der Waals surface area contributed by atoms with E-state index in [-0.39, 0.29) is 12.1 Å². The van der Waals surface area contributed by atoms with Gasteiger partial charge in [-0.05, 0) is 20.3 Å². The summed E-state index contributed by atoms with van der Waals surface area (Å²) in [5, 5.41) is 9.24. The Balaban J connectivity index is 4.46. The quantitative estimate of drug-likeness (QED) is 0.659. The minimum atomic E-state index is -0.724. The van der Waals surface area contributed by atoms with Crippen LogP contribution in [0.3, 0.4) is 0 Å². The van der Waals surface area contributed by atoms with Crippen LogP contribution in [-0.2, 0) is 9.53 Å². The molecule has 0 aromatic rings. The molecule has 0 aliphatic rings. The summed E-state index contributed by atoms with van der Waals surface area (Å²) in [5.74, 6) is -0.724. The van der Waals surface area contributed by atoms with Crippen LogP contribution in [0.5, 0.6) is 0 Å². The molecule has 4 nitrogen and oxygen atoms in total. The van der Waals surface area contributed by atoms with Crippen molar-refractivity contribution >= 4 is 5.97 Å². The van der Waals surface area contributed by atoms with Gasteiger partial charge in [0.15, 0.2) is 0 Å². The van der Waals surface area contributed by atoms with Crippen molar-refractivity contribution in [3.63, 3.8) is 0 Å². The smallest absolute Gasteiger partial charge is 0.320 e. The molecule has 0 bridgehead atoms. The Hall–Kier alpha value is -0.610. The molecule has 0 rings (SSSR count). The Labute approximate surface area is 98.6 Å². The number of ether oxygens (including phenoxy) is 1. The molecule has 0 aromatic carbocycles. The van der Waals surface area contributed by atoms with E-state index in [0.29, 0.717) is 19.6 Å². The number of hydrogen-bond donors (Lipinski definition) is 1. The highest BCUT2D eigenvalue weighted by molar-refractivity contribution is 5.73. The average Bonchev–Trinajstić information content (AvgIpc) is 2.21. The van der Waals surface area contributed by atoms with Crippen molar-refractivity contribution in [3.8, 4) is 0 Å². The number of rotatable bonds is 9. The number of carboxylic acids is 1. The van der Waals surface area contributed by atoms with E-state index >= 15 is 0 Å². The lowest BCUT2D eigenvalue weighted by Crippen LogP contribution is -2.46. The Morgan fingerprint density at radius 3 is 2.44 bits per heavy atom. The summed E-state index contributed by atoms with van der Waals surface area (Å²) < 4.78 is 5.02. The van der Waals surface area contributed by atoms with Crippen molar-refractivity contribution in [2.24, 2.45) is 0 Å². The maximum Gasteiger partial charge on any atom is 0.320 e. The molecular weight excluding hydrogens is 206 g/mol. The Bertz CT molecular complexity index is 195. The van der Waals surface area contributed by atoms with Gasteiger partial charge in [-0.3, -0.25) is 9.69 Å². The number of aliphatic carboxylic acids is 1. The van der Waals surface area contributed by atoms with Crippen LogP contribution in [0.15, 0.2) is 0 Å². The minimum Gasteiger partial charge on any atom is -0.480 e. The van der Waals surface area contributed by atoms with Crippen LogP contribution in [0, 0.1) is 0 Å². The highest BCUT2D eigenvalue weighted by Crippen LogP contribution is 2.12. The normalized spacial score (nSPS) is 13.4. The maximum atomic E-state index is 11.2. The van der Waals surface area contributed by atoms with Gasteiger partial charge in [0.2, 0.25) is 0 Å². The van der Waals surface area contributed by atoms with Gasteiger partial charge >= 0.3 is 5.97 Å². The molecule has 0 heterocycles. The molecule has 0 aliphatic heterocycles. The Kier molecular flexibility index (Phi) is 8.21. The van der Waals surface area contributed by atoms with Gasteiger partial charge in [0.05, 0.1) is 6.61 Å². The van der Waals surface area contributed by atoms with Crippen LogP contribution < -0.4 is 0 Å². The van der Waals surface area contributed by atoms with Crippen LogP contribution in [0.25, 0.3) is 0 Å². The Morgan fingerprint density at radius 2 is 2.06 bits per heavy atom. The molecule has 0 amide bonds. The number of carbonyl (C=O) groups is 1. The van der Waals surface area contributed by atoms with Crippen LogP contribution in [0.4, 0.5) is 0 Å². The lowest BCUT2D eigenvalue weighted by molar-refractivity contribution is -0.144. The van der Waals surface area contributed by atoms with Crippen molar-refractivity contribution in [1.29, 1.82) is 0 Å². The third-order valence-corrected chi connectivity index (χ3v) is 2.73. The fraction of sp³-hybridized carbons (Fsp3) is 0.917. The number of nitrogens with zero attached hydrogens (tertiary/aromatic N) is 1. The predicted octanol–water partition coefficient (Wildman–Crippen LogP) is 1.99. The highest BCUT2D eigenvalue weighted by Gasteiger charge is 2.26. The molecule has 16 heavy (non-hydrogen) atoms. The molecule has 1 N–H and O–H groups in total. The van der Waals surface area contributed by atoms with Gasteiger partial charge in [-0.1, -0.05) is 19.8 Å². The first-order chi connectivity index (χ1) is 7.54. The van der Waals surface area contributed by atoms with Crippen molar-refractivity contribution in [2.45, 2.75) is 52.1 Å². The summed E-state index contributed by atoms with van der Waals surface area (Å²) in [6.45, 7) is 7.38. The molecule has 1 atom stereocenters. The Morgan fingerprint density at radius 1 is 1.44 bits per heavy atom. The number of carboxylic acid groups (broad SMARTS) is 1. The van der Waals surface area contributed by atoms with E-state index in [4.69, 9.17) is 4.74 Å². The molecule has 0 aliphatic carbocycles. The SMILES string of the molecule is CCCCC(C(=O)O)N(CCOC)C(C)C. The third-order valence-electron chi connectivity index (χ3n) is 2.73. The van der Waals surface area contributed by atoms with Crippen LogP contribution >= 0.6 is 0 Å². The summed E-state index contributed by atoms with van der Waals surface area (Å²) in [6, 6.07) is -0.150. The fourth-order valence-electron chi connectivity index (χ4n) is 1.80. The van der Waals surface area contributed by atoms with Gasteiger partial charge < -0.3 is 9.84 Å². The van der Waals surface area contributed by atoms with E-state index in [1.165, 1.54) is 0 Å². The molecule has 0 saturated heterocycles. The highest BCUT2D eigenvalue weighted by atomic mass is 16.5. The van der Waals surface area contributed by atoms with E-state index in [2.05, 4.69) is 6.92 Å². The summed E-state index contributed by atoms with van der Waals surface area (Å²) >= 11 is 0. The largest absolute Gasteiger partial charge is 0.480 e. The van der Waals surface area contributed by atoms with Crippen molar-refractivity contribution in [3.05, 3.63) is 0 Å². The second-order valence-corrected chi connectivity index (χ2v) is 4.32. The maximum absolute atomic E-state index is 11.2. The second kappa shape index (κ2) is 8.53. The van der Waals surface area contributed by atoms with Gasteiger partial charge in [0.1, 0.15) is 6.04 Å². The molecule has 0 radical (unpaired) electrons. The van der Waals surface area contributed by atoms with Crippen LogP contribution in [0.1, 0.15) is 40.0 Å². The molecule has 0 spiro atoms. The van der Waals surface area contributed by atoms with Gasteiger partial charge in [0, 0.05) is 19.7 Å². The third kappa shape index (κ3) is 5.47. The number of hydrogen-bond acceptors (Lipinski definition) is 3. The summed E-state index contributed by atoms with van der Waals surface area (Å²) in [5.41, 5.74) is 0. The van der Waals surface area contributed by atoms with Crippen LogP contribution in [-0.4, -0.2) is 48.3 Å². The molecule has 0 aromatic heterocycles. The van der Waals surface area contributed by atoms with Gasteiger partial charge in [-0.25, -0.2) is 0 Å². The van der Waals surface area contributed by atoms with Gasteiger partial charge in [-0.2, -0.15) is 0 Å². The molecule has 1 unspecified atom stereocenters. The molecule has 4 heteroatoms. The van der Waals surface area contributed by atoms with Gasteiger partial charge in [-0.15, -0.1) is 0 Å². The van der Waals surface area contributed by atoms with Crippen molar-refractivity contribution < 1.29 is 14.6 Å². The van der Waals surface area contributed by atoms with E-state index < -0.39 is 5.97 Å². The van der Waals surface area contributed by atoms with E-state index in [1.54, 1.807) is 7.11 Å². The summed E-state index contributed by atoms with van der Waals surface area (Å²) in [6.07, 6.45) is 2.70. The minimum absolute atomic E-state index is 0.230. The first-order valence-electron chi connectivity index (χ1n) is 6.02. The van der Waals surface area contributed by atoms with Gasteiger partial charge in [0.25, 0.3) is 0 Å². The van der Waals surface area contributed by atoms with Crippen LogP contribution in [0.2, 0.25) is 0 Å². The first kappa shape index (κ1) is 15.4. The summed E-state index contributed by atoms with van der Waals surface area (Å²) in [7, 11) is 1.64. The molecule has 0 fully saturated rings. The second-order valence-electron chi connectivity index (χ2n) is 4.32. The number of methoxy groups -OCH3 is 1. The molecule has 96 valence electrons. The average molecular weight is 231 g/mol. The molecular formula is C12H25NO3. The number of unbranched alkanes of at least 4 members (excludes halogenated alkanes) is 1. The zero-order chi connectivity index (χ0) is 12.6. The van der Waals surface area contributed by atoms with E-state index in [0.717, 1.165) is 12.8 Å². The summed E-state index contributed by atoms with van der Waals surface area (Å²) in [4.78, 5) is 13.2. The fourth-order valence-corrected chi connectivity index (χ4v) is 1.80. The lowest BCUT2D eigenvalue weighted by Gasteiger charge is -2.32. The first-order valence-corrected chi connectivity index (χ1v) is 6.02. The lowest BCUT2D eigenvalue weighted by atomic mass is 10.1. The predicted molar refractivity (Wildman–Crippen MR) is 64.7 cm³/mol. The van der Waals surface area contributed by atoms with E-state index in [9.17, 15) is 9.90 Å². The van der Waals surface area contributed by atoms with Crippen molar-refractivity contribution in [1.82, 2.24) is 4.90 Å². The topological polar surface area (TPSA) is 49.8 Å². The van der Waals surface area contributed by atoms with E-state index in [1.807, 2.05) is 18.7 Å². The standard InChI is InChI=1S/C12H25NO3/c1-5-6-7-11(12(14)15)13(10(2)3)8-9-16-4/h10-11H,5-9H2,1-4H3,(H,14,15). The zero-order valence-corrected chi connectivity index (χ0v) is 10.9. The molecule has 0 saturated carbocycles. The zero-order valence-electron chi connectivity index (χ0n) is 10.9.